The van der Waals surface area contributed by atoms with Crippen LogP contribution in [0.3, 0.4) is 0 Å². The second-order valence-corrected chi connectivity index (χ2v) is 5.07. The van der Waals surface area contributed by atoms with Crippen LogP contribution < -0.4 is 0 Å². The minimum Gasteiger partial charge on any atom is -0.384 e. The number of pyridine rings is 1. The molecule has 0 saturated heterocycles. The Kier molecular flexibility index (Phi) is 3.62. The highest BCUT2D eigenvalue weighted by Crippen LogP contribution is 2.29. The summed E-state index contributed by atoms with van der Waals surface area (Å²) in [6.07, 6.45) is 1.74. The second-order valence-electron chi connectivity index (χ2n) is 5.07. The monoisotopic (exact) mass is 279 g/mol. The third-order valence-corrected chi connectivity index (χ3v) is 3.61. The van der Waals surface area contributed by atoms with E-state index in [-0.39, 0.29) is 0 Å². The lowest BCUT2D eigenvalue weighted by Crippen LogP contribution is -2.08. The van der Waals surface area contributed by atoms with Crippen molar-refractivity contribution in [3.63, 3.8) is 0 Å². The van der Waals surface area contributed by atoms with Gasteiger partial charge in [-0.1, -0.05) is 31.2 Å². The Morgan fingerprint density at radius 2 is 1.90 bits per heavy atom. The number of aromatic nitrogens is 3. The van der Waals surface area contributed by atoms with E-state index in [2.05, 4.69) is 15.2 Å². The fraction of sp³-hybridized carbons (Fsp3) is 0.235. The summed E-state index contributed by atoms with van der Waals surface area (Å²) < 4.78 is 0. The largest absolute Gasteiger partial charge is 0.384 e. The van der Waals surface area contributed by atoms with Gasteiger partial charge in [0.15, 0.2) is 0 Å². The third-order valence-electron chi connectivity index (χ3n) is 3.61. The lowest BCUT2D eigenvalue weighted by Gasteiger charge is -2.16. The van der Waals surface area contributed by atoms with Gasteiger partial charge in [0.1, 0.15) is 6.10 Å². The van der Waals surface area contributed by atoms with E-state index < -0.39 is 6.10 Å². The van der Waals surface area contributed by atoms with E-state index in [1.54, 1.807) is 6.20 Å². The molecule has 0 saturated carbocycles. The number of hydrogen-bond donors (Lipinski definition) is 1. The topological polar surface area (TPSA) is 58.9 Å². The second kappa shape index (κ2) is 5.58. The first-order valence-electron chi connectivity index (χ1n) is 7.05. The molecular formula is C17H17N3O. The van der Waals surface area contributed by atoms with Crippen LogP contribution in [0.2, 0.25) is 0 Å². The van der Waals surface area contributed by atoms with E-state index >= 15 is 0 Å². The van der Waals surface area contributed by atoms with Crippen LogP contribution in [-0.2, 0) is 6.42 Å². The number of aliphatic hydroxyl groups excluding tert-OH is 1. The third kappa shape index (κ3) is 2.50. The normalized spacial score (nSPS) is 12.5. The Labute approximate surface area is 123 Å². The van der Waals surface area contributed by atoms with Gasteiger partial charge in [0.2, 0.25) is 0 Å². The van der Waals surface area contributed by atoms with Crippen LogP contribution in [0, 0.1) is 6.92 Å². The molecule has 0 aliphatic heterocycles. The maximum atomic E-state index is 10.8. The maximum Gasteiger partial charge on any atom is 0.108 e. The van der Waals surface area contributed by atoms with Gasteiger partial charge in [-0.15, -0.1) is 0 Å². The Hall–Kier alpha value is -2.33. The average Bonchev–Trinajstić information content (AvgIpc) is 2.53. The van der Waals surface area contributed by atoms with Gasteiger partial charge in [-0.3, -0.25) is 4.98 Å². The molecule has 21 heavy (non-hydrogen) atoms. The maximum absolute atomic E-state index is 10.8. The molecular weight excluding hydrogens is 262 g/mol. The predicted octanol–water partition coefficient (Wildman–Crippen LogP) is 2.98. The standard InChI is InChI=1S/C17H17N3O/c1-3-15-14(10-11(2)19-20-15)17(21)13-8-4-6-12-7-5-9-18-16(12)13/h4-10,17,21H,3H2,1-2H3. The highest BCUT2D eigenvalue weighted by molar-refractivity contribution is 5.82. The van der Waals surface area contributed by atoms with Crippen LogP contribution in [0.1, 0.15) is 35.5 Å². The predicted molar refractivity (Wildman–Crippen MR) is 82.0 cm³/mol. The quantitative estimate of drug-likeness (QED) is 0.800. The molecule has 1 atom stereocenters. The molecule has 0 amide bonds. The van der Waals surface area contributed by atoms with Crippen LogP contribution in [0.5, 0.6) is 0 Å². The SMILES string of the molecule is CCc1nnc(C)cc1C(O)c1cccc2cccnc12. The van der Waals surface area contributed by atoms with E-state index in [1.165, 1.54) is 0 Å². The zero-order chi connectivity index (χ0) is 14.8. The smallest absolute Gasteiger partial charge is 0.108 e. The molecule has 0 fully saturated rings. The van der Waals surface area contributed by atoms with Crippen molar-refractivity contribution >= 4 is 10.9 Å². The average molecular weight is 279 g/mol. The molecule has 4 nitrogen and oxygen atoms in total. The summed E-state index contributed by atoms with van der Waals surface area (Å²) in [6, 6.07) is 11.6. The van der Waals surface area contributed by atoms with Gasteiger partial charge in [0.05, 0.1) is 16.9 Å². The zero-order valence-electron chi connectivity index (χ0n) is 12.1. The van der Waals surface area contributed by atoms with Crippen LogP contribution in [-0.4, -0.2) is 20.3 Å². The van der Waals surface area contributed by atoms with Crippen molar-refractivity contribution in [2.24, 2.45) is 0 Å². The van der Waals surface area contributed by atoms with Gasteiger partial charge in [0.25, 0.3) is 0 Å². The van der Waals surface area contributed by atoms with Gasteiger partial charge < -0.3 is 5.11 Å². The van der Waals surface area contributed by atoms with E-state index in [0.29, 0.717) is 0 Å². The van der Waals surface area contributed by atoms with Gasteiger partial charge in [-0.05, 0) is 25.5 Å². The highest BCUT2D eigenvalue weighted by atomic mass is 16.3. The van der Waals surface area contributed by atoms with Gasteiger partial charge in [-0.2, -0.15) is 10.2 Å². The molecule has 3 aromatic rings. The van der Waals surface area contributed by atoms with Crippen molar-refractivity contribution in [2.45, 2.75) is 26.4 Å². The van der Waals surface area contributed by atoms with E-state index in [4.69, 9.17) is 0 Å². The van der Waals surface area contributed by atoms with Gasteiger partial charge in [0, 0.05) is 22.7 Å². The molecule has 1 unspecified atom stereocenters. The summed E-state index contributed by atoms with van der Waals surface area (Å²) in [5, 5.41) is 20.1. The van der Waals surface area contributed by atoms with E-state index in [0.717, 1.165) is 39.8 Å². The molecule has 2 heterocycles. The van der Waals surface area contributed by atoms with Crippen molar-refractivity contribution in [3.8, 4) is 0 Å². The van der Waals surface area contributed by atoms with Crippen molar-refractivity contribution in [3.05, 3.63) is 65.1 Å². The summed E-state index contributed by atoms with van der Waals surface area (Å²) in [6.45, 7) is 3.89. The summed E-state index contributed by atoms with van der Waals surface area (Å²) in [5.74, 6) is 0. The number of rotatable bonds is 3. The zero-order valence-corrected chi connectivity index (χ0v) is 12.1. The summed E-state index contributed by atoms with van der Waals surface area (Å²) in [5.41, 5.74) is 4.05. The Morgan fingerprint density at radius 3 is 2.71 bits per heavy atom. The van der Waals surface area contributed by atoms with Crippen molar-refractivity contribution in [1.82, 2.24) is 15.2 Å². The van der Waals surface area contributed by atoms with Crippen LogP contribution >= 0.6 is 0 Å². The van der Waals surface area contributed by atoms with Crippen molar-refractivity contribution < 1.29 is 5.11 Å². The fourth-order valence-electron chi connectivity index (χ4n) is 2.56. The molecule has 0 aliphatic rings. The molecule has 106 valence electrons. The number of fused-ring (bicyclic) bond motifs is 1. The van der Waals surface area contributed by atoms with Crippen LogP contribution in [0.15, 0.2) is 42.6 Å². The number of aliphatic hydroxyl groups is 1. The number of aryl methyl sites for hydroxylation is 2. The summed E-state index contributed by atoms with van der Waals surface area (Å²) in [4.78, 5) is 4.41. The molecule has 0 radical (unpaired) electrons. The molecule has 2 aromatic heterocycles. The Morgan fingerprint density at radius 1 is 1.10 bits per heavy atom. The lowest BCUT2D eigenvalue weighted by atomic mass is 9.97. The lowest BCUT2D eigenvalue weighted by molar-refractivity contribution is 0.219. The Bertz CT molecular complexity index is 781. The van der Waals surface area contributed by atoms with E-state index in [1.807, 2.05) is 50.2 Å². The summed E-state index contributed by atoms with van der Waals surface area (Å²) >= 11 is 0. The van der Waals surface area contributed by atoms with Gasteiger partial charge in [-0.25, -0.2) is 0 Å². The molecule has 0 spiro atoms. The molecule has 0 bridgehead atoms. The first-order valence-corrected chi connectivity index (χ1v) is 7.05. The minimum absolute atomic E-state index is 0.734. The molecule has 0 aliphatic carbocycles. The molecule has 4 heteroatoms. The Balaban J connectivity index is 2.17. The van der Waals surface area contributed by atoms with Gasteiger partial charge >= 0.3 is 0 Å². The van der Waals surface area contributed by atoms with Crippen LogP contribution in [0.4, 0.5) is 0 Å². The van der Waals surface area contributed by atoms with Crippen molar-refractivity contribution in [1.29, 1.82) is 0 Å². The summed E-state index contributed by atoms with van der Waals surface area (Å²) in [7, 11) is 0. The fourth-order valence-corrected chi connectivity index (χ4v) is 2.56. The number of hydrogen-bond acceptors (Lipinski definition) is 4. The first kappa shape index (κ1) is 13.6. The van der Waals surface area contributed by atoms with Crippen LogP contribution in [0.25, 0.3) is 10.9 Å². The van der Waals surface area contributed by atoms with Crippen molar-refractivity contribution in [2.75, 3.05) is 0 Å². The molecule has 3 rings (SSSR count). The molecule has 1 aromatic carbocycles. The molecule has 1 N–H and O–H groups in total. The number of nitrogens with zero attached hydrogens (tertiary/aromatic N) is 3. The minimum atomic E-state index is -0.743. The highest BCUT2D eigenvalue weighted by Gasteiger charge is 2.18. The number of para-hydroxylation sites is 1. The first-order chi connectivity index (χ1) is 10.2. The van der Waals surface area contributed by atoms with E-state index in [9.17, 15) is 5.11 Å². The number of benzene rings is 1.